The molecule has 2 amide bonds. The number of hydrogen-bond acceptors (Lipinski definition) is 22. The van der Waals surface area contributed by atoms with Crippen LogP contribution in [0.1, 0.15) is 161 Å². The molecule has 684 valence electrons. The van der Waals surface area contributed by atoms with Crippen molar-refractivity contribution in [2.75, 3.05) is 103 Å². The number of nitrogens with one attached hydrogen (secondary N) is 4. The maximum atomic E-state index is 14.1. The van der Waals surface area contributed by atoms with Gasteiger partial charge >= 0.3 is 0 Å². The molecule has 0 radical (unpaired) electrons. The summed E-state index contributed by atoms with van der Waals surface area (Å²) in [5.74, 6) is 0.0566. The lowest BCUT2D eigenvalue weighted by Gasteiger charge is -2.39. The quantitative estimate of drug-likeness (QED) is 0.0322. The van der Waals surface area contributed by atoms with E-state index in [0.29, 0.717) is 71.8 Å². The van der Waals surface area contributed by atoms with Gasteiger partial charge in [-0.2, -0.15) is 0 Å². The molecule has 4 aliphatic heterocycles. The van der Waals surface area contributed by atoms with E-state index in [1.807, 2.05) is 36.4 Å². The number of nitro groups is 2. The Balaban J connectivity index is 0.000000182. The van der Waals surface area contributed by atoms with Crippen molar-refractivity contribution < 1.29 is 64.7 Å². The average Bonchev–Trinajstić information content (AvgIpc) is 0.893. The number of allylic oxidation sites excluding steroid dienone is 2. The summed E-state index contributed by atoms with van der Waals surface area (Å²) in [6, 6.07) is 38.4. The molecule has 0 unspecified atom stereocenters. The number of piperazine rings is 2. The minimum Gasteiger partial charge on any atom is -0.493 e. The zero-order valence-corrected chi connectivity index (χ0v) is 77.1. The SMILES string of the molecule is COC1CCC([C@@H]2COc3cc(S(=O)(=O)NC(=O)c4ccc(N5CCN(CC6=C(c7ccc(Cl)cc7)CC(C)(C)CC6)CC5)cc4Oc4cnc5[nH]ccc5c4)cc([N+](=O)[O-])c3C2)CC1.COC1CCC([C@@H]2COc3cc(S(=O)(=O)NC(=O)c4ccc(N5CCN(CC6=C(c7ccc(Cl)cc7)CC(C)(C)CC6)CC5)cc4Oc4cnc5[nH]ccc5c4)cc([N+](=O)[O-])c3C2)CC1. The molecule has 0 bridgehead atoms. The van der Waals surface area contributed by atoms with E-state index in [-0.39, 0.29) is 80.4 Å². The number of H-pyrrole nitrogens is 2. The molecule has 18 rings (SSSR count). The Kier molecular flexibility index (Phi) is 26.9. The van der Waals surface area contributed by atoms with Gasteiger partial charge in [-0.25, -0.2) is 36.2 Å². The van der Waals surface area contributed by atoms with E-state index in [1.165, 1.54) is 57.9 Å². The van der Waals surface area contributed by atoms with Crippen molar-refractivity contribution in [2.24, 2.45) is 34.5 Å². The van der Waals surface area contributed by atoms with Crippen molar-refractivity contribution in [3.05, 3.63) is 233 Å². The molecule has 4 fully saturated rings. The van der Waals surface area contributed by atoms with Gasteiger partial charge in [-0.3, -0.25) is 39.6 Å². The van der Waals surface area contributed by atoms with Gasteiger partial charge in [0.05, 0.1) is 79.7 Å². The zero-order valence-electron chi connectivity index (χ0n) is 74.0. The van der Waals surface area contributed by atoms with Crippen molar-refractivity contribution in [2.45, 2.75) is 152 Å². The number of hydrogen-bond donors (Lipinski definition) is 4. The van der Waals surface area contributed by atoms with E-state index in [4.69, 9.17) is 51.6 Å². The first kappa shape index (κ1) is 91.0. The third-order valence-electron chi connectivity index (χ3n) is 27.7. The normalized spacial score (nSPS) is 21.4. The van der Waals surface area contributed by atoms with E-state index >= 15 is 0 Å². The summed E-state index contributed by atoms with van der Waals surface area (Å²) < 4.78 is 96.1. The predicted molar refractivity (Wildman–Crippen MR) is 501 cm³/mol. The highest BCUT2D eigenvalue weighted by molar-refractivity contribution is 7.90. The van der Waals surface area contributed by atoms with Crippen LogP contribution in [0, 0.1) is 54.7 Å². The van der Waals surface area contributed by atoms with Crippen molar-refractivity contribution in [3.8, 4) is 34.5 Å². The molecule has 130 heavy (non-hydrogen) atoms. The Labute approximate surface area is 767 Å². The fraction of sp³-hybridized carbons (Fsp3) is 0.429. The summed E-state index contributed by atoms with van der Waals surface area (Å²) in [6.07, 6.45) is 21.6. The number of benzene rings is 6. The maximum Gasteiger partial charge on any atom is 0.277 e. The smallest absolute Gasteiger partial charge is 0.277 e. The molecule has 32 heteroatoms. The predicted octanol–water partition coefficient (Wildman–Crippen LogP) is 19.2. The number of halogens is 2. The summed E-state index contributed by atoms with van der Waals surface area (Å²) >= 11 is 12.5. The van der Waals surface area contributed by atoms with Gasteiger partial charge < -0.3 is 48.2 Å². The molecule has 2 saturated heterocycles. The van der Waals surface area contributed by atoms with Crippen LogP contribution in [0.5, 0.6) is 34.5 Å². The Morgan fingerprint density at radius 1 is 0.508 bits per heavy atom. The van der Waals surface area contributed by atoms with Gasteiger partial charge in [0.1, 0.15) is 45.8 Å². The third-order valence-corrected chi connectivity index (χ3v) is 30.9. The summed E-state index contributed by atoms with van der Waals surface area (Å²) in [7, 11) is -5.82. The first-order valence-electron chi connectivity index (χ1n) is 44.9. The third kappa shape index (κ3) is 20.8. The standard InChI is InChI=1S/2C49H55ClN6O8S/c2*1-49(2)16-14-34(43(27-49)32-4-8-36(50)9-5-32)29-54-18-20-55(21-19-54)37-10-13-41(46(24-37)64-39-22-33-15-17-51-47(33)52-28-39)48(57)53-65(60,61)40-25-44(56(58)59)42-23-35(30-63-45(42)26-40)31-6-11-38(62-3)12-7-31/h2*4-5,8-10,13,15,17,22,24-26,28,31,35,38H,6-7,11-12,14,16,18-21,23,27,29-30H2,1-3H3,(H,51,52)(H,53,57)/t2*31?,35-,38?/m00/s1. The number of aromatic amines is 2. The molecule has 28 nitrogen and oxygen atoms in total. The van der Waals surface area contributed by atoms with E-state index in [2.05, 4.69) is 101 Å². The molecule has 2 saturated carbocycles. The zero-order chi connectivity index (χ0) is 90.9. The van der Waals surface area contributed by atoms with E-state index in [0.717, 1.165) is 200 Å². The van der Waals surface area contributed by atoms with Gasteiger partial charge in [-0.15, -0.1) is 0 Å². The summed E-state index contributed by atoms with van der Waals surface area (Å²) in [5, 5.41) is 27.9. The maximum absolute atomic E-state index is 14.1. The van der Waals surface area contributed by atoms with Gasteiger partial charge in [0.15, 0.2) is 0 Å². The van der Waals surface area contributed by atoms with Gasteiger partial charge in [0.25, 0.3) is 43.2 Å². The van der Waals surface area contributed by atoms with E-state index in [9.17, 15) is 46.7 Å². The molecule has 6 aromatic carbocycles. The lowest BCUT2D eigenvalue weighted by Crippen LogP contribution is -2.47. The number of nitro benzene ring substituents is 2. The van der Waals surface area contributed by atoms with Crippen LogP contribution < -0.4 is 38.2 Å². The van der Waals surface area contributed by atoms with Crippen molar-refractivity contribution in [3.63, 3.8) is 0 Å². The van der Waals surface area contributed by atoms with Crippen LogP contribution in [-0.4, -0.2) is 173 Å². The molecule has 8 aliphatic rings. The average molecular weight is 1850 g/mol. The van der Waals surface area contributed by atoms with Crippen LogP contribution in [0.4, 0.5) is 22.7 Å². The summed E-state index contributed by atoms with van der Waals surface area (Å²) in [5.41, 5.74) is 11.5. The Hall–Kier alpha value is -11.0. The van der Waals surface area contributed by atoms with E-state index in [1.54, 1.807) is 75.1 Å². The molecule has 4 aliphatic carbocycles. The van der Waals surface area contributed by atoms with Gasteiger partial charge in [0.2, 0.25) is 0 Å². The van der Waals surface area contributed by atoms with Crippen LogP contribution >= 0.6 is 23.2 Å². The molecule has 8 heterocycles. The second-order valence-corrected chi connectivity index (χ2v) is 41.7. The Morgan fingerprint density at radius 3 is 1.26 bits per heavy atom. The molecule has 2 atom stereocenters. The first-order chi connectivity index (χ1) is 62.4. The number of anilines is 2. The molecular formula is C98H110Cl2N12O16S2. The van der Waals surface area contributed by atoms with Crippen molar-refractivity contribution in [1.29, 1.82) is 0 Å². The van der Waals surface area contributed by atoms with E-state index < -0.39 is 51.5 Å². The van der Waals surface area contributed by atoms with Crippen molar-refractivity contribution in [1.82, 2.24) is 39.2 Å². The molecule has 4 aromatic heterocycles. The van der Waals surface area contributed by atoms with Gasteiger partial charge in [-0.05, 0) is 220 Å². The highest BCUT2D eigenvalue weighted by Gasteiger charge is 2.41. The van der Waals surface area contributed by atoms with Crippen LogP contribution in [0.25, 0.3) is 33.2 Å². The number of ether oxygens (including phenoxy) is 6. The van der Waals surface area contributed by atoms with Crippen molar-refractivity contribution >= 4 is 111 Å². The number of methoxy groups -OCH3 is 2. The molecular weight excluding hydrogens is 1740 g/mol. The summed E-state index contributed by atoms with van der Waals surface area (Å²) in [4.78, 5) is 75.4. The lowest BCUT2D eigenvalue weighted by atomic mass is 9.72. The largest absolute Gasteiger partial charge is 0.493 e. The molecule has 10 aromatic rings. The molecule has 0 spiro atoms. The summed E-state index contributed by atoms with van der Waals surface area (Å²) in [6.45, 7) is 17.9. The van der Waals surface area contributed by atoms with Crippen LogP contribution in [0.2, 0.25) is 10.0 Å². The fourth-order valence-corrected chi connectivity index (χ4v) is 22.4. The monoisotopic (exact) mass is 1840 g/mol. The van der Waals surface area contributed by atoms with Gasteiger partial charge in [0, 0.05) is 172 Å². The number of rotatable bonds is 24. The van der Waals surface area contributed by atoms with Crippen LogP contribution in [-0.2, 0) is 42.4 Å². The Bertz CT molecular complexity index is 5860. The molecule has 4 N–H and O–H groups in total. The Morgan fingerprint density at radius 2 is 0.892 bits per heavy atom. The minimum atomic E-state index is -4.63. The number of nitrogens with zero attached hydrogens (tertiary/aromatic N) is 8. The second-order valence-electron chi connectivity index (χ2n) is 37.4. The number of amides is 2. The lowest BCUT2D eigenvalue weighted by molar-refractivity contribution is -0.386. The fourth-order valence-electron chi connectivity index (χ4n) is 20.2. The minimum absolute atomic E-state index is 0.0400. The number of aromatic nitrogens is 4. The highest BCUT2D eigenvalue weighted by Crippen LogP contribution is 2.49. The number of sulfonamides is 2. The number of carbonyl (C=O) groups is 2. The number of pyridine rings is 2. The van der Waals surface area contributed by atoms with Crippen LogP contribution in [0.3, 0.4) is 0 Å². The highest BCUT2D eigenvalue weighted by atomic mass is 35.5. The number of carbonyl (C=O) groups excluding carboxylic acids is 2. The van der Waals surface area contributed by atoms with Gasteiger partial charge in [-0.1, -0.05) is 86.3 Å². The first-order valence-corrected chi connectivity index (χ1v) is 48.6. The topological polar surface area (TPSA) is 338 Å². The number of fused-ring (bicyclic) bond motifs is 4. The van der Waals surface area contributed by atoms with Crippen LogP contribution in [0.15, 0.2) is 179 Å². The second kappa shape index (κ2) is 38.5.